The second-order valence-corrected chi connectivity index (χ2v) is 6.11. The molecule has 0 bridgehead atoms. The molecule has 2 N–H and O–H groups in total. The quantitative estimate of drug-likeness (QED) is 0.417. The first-order chi connectivity index (χ1) is 12.0. The molecule has 2 rings (SSSR count). The number of nitrogens with zero attached hydrogens (tertiary/aromatic N) is 2. The number of rotatable bonds is 7. The van der Waals surface area contributed by atoms with Gasteiger partial charge in [-0.1, -0.05) is 22.9 Å². The number of anilines is 1. The third-order valence-electron chi connectivity index (χ3n) is 3.40. The number of nitro benzene ring substituents is 1. The van der Waals surface area contributed by atoms with E-state index in [1.54, 1.807) is 12.1 Å². The van der Waals surface area contributed by atoms with Crippen LogP contribution < -0.4 is 10.7 Å². The van der Waals surface area contributed by atoms with Gasteiger partial charge < -0.3 is 5.32 Å². The fourth-order valence-electron chi connectivity index (χ4n) is 2.03. The number of non-ortho nitro benzene ring substituents is 1. The Morgan fingerprint density at radius 3 is 2.44 bits per heavy atom. The Kier molecular flexibility index (Phi) is 6.64. The van der Waals surface area contributed by atoms with Crippen LogP contribution in [-0.2, 0) is 4.79 Å². The standard InChI is InChI=1S/C17H17BrN4O3/c1-2-16(20-14-7-5-13(18)6-8-14)17(23)21-19-11-12-3-9-15(10-4-12)22(24)25/h3-11,16,20H,2H2,1H3,(H,21,23)/b19-11-/t16-/m0/s1. The normalized spacial score (nSPS) is 11.9. The lowest BCUT2D eigenvalue weighted by atomic mass is 10.2. The molecule has 0 saturated heterocycles. The van der Waals surface area contributed by atoms with Crippen LogP contribution in [0.25, 0.3) is 0 Å². The lowest BCUT2D eigenvalue weighted by Gasteiger charge is -2.16. The predicted octanol–water partition coefficient (Wildman–Crippen LogP) is 3.70. The fourth-order valence-corrected chi connectivity index (χ4v) is 2.30. The summed E-state index contributed by atoms with van der Waals surface area (Å²) in [5, 5.41) is 17.6. The van der Waals surface area contributed by atoms with Crippen molar-refractivity contribution >= 4 is 39.4 Å². The molecule has 130 valence electrons. The summed E-state index contributed by atoms with van der Waals surface area (Å²) in [7, 11) is 0. The largest absolute Gasteiger partial charge is 0.374 e. The van der Waals surface area contributed by atoms with Crippen LogP contribution in [0, 0.1) is 10.1 Å². The highest BCUT2D eigenvalue weighted by Gasteiger charge is 2.15. The van der Waals surface area contributed by atoms with Crippen LogP contribution in [0.2, 0.25) is 0 Å². The van der Waals surface area contributed by atoms with Gasteiger partial charge in [0, 0.05) is 22.3 Å². The first-order valence-electron chi connectivity index (χ1n) is 7.59. The number of halogens is 1. The Labute approximate surface area is 153 Å². The molecule has 2 aromatic carbocycles. The van der Waals surface area contributed by atoms with Crippen LogP contribution in [0.1, 0.15) is 18.9 Å². The maximum Gasteiger partial charge on any atom is 0.269 e. The molecule has 0 aromatic heterocycles. The van der Waals surface area contributed by atoms with Crippen molar-refractivity contribution in [3.05, 3.63) is 68.7 Å². The molecular weight excluding hydrogens is 388 g/mol. The summed E-state index contributed by atoms with van der Waals surface area (Å²) in [6.07, 6.45) is 2.03. The van der Waals surface area contributed by atoms with Crippen molar-refractivity contribution in [2.75, 3.05) is 5.32 Å². The van der Waals surface area contributed by atoms with Gasteiger partial charge >= 0.3 is 0 Å². The van der Waals surface area contributed by atoms with E-state index in [2.05, 4.69) is 31.8 Å². The molecule has 0 radical (unpaired) electrons. The summed E-state index contributed by atoms with van der Waals surface area (Å²) < 4.78 is 0.961. The van der Waals surface area contributed by atoms with Crippen molar-refractivity contribution in [1.82, 2.24) is 5.43 Å². The number of nitrogens with one attached hydrogen (secondary N) is 2. The fraction of sp³-hybridized carbons (Fsp3) is 0.176. The SMILES string of the molecule is CC[C@H](Nc1ccc(Br)cc1)C(=O)N/N=C\c1ccc([N+](=O)[O-])cc1. The van der Waals surface area contributed by atoms with Crippen LogP contribution in [0.4, 0.5) is 11.4 Å². The minimum atomic E-state index is -0.470. The number of carbonyl (C=O) groups is 1. The van der Waals surface area contributed by atoms with Gasteiger partial charge in [0.15, 0.2) is 0 Å². The maximum atomic E-state index is 12.2. The van der Waals surface area contributed by atoms with Crippen molar-refractivity contribution in [2.45, 2.75) is 19.4 Å². The molecule has 1 atom stereocenters. The number of benzene rings is 2. The van der Waals surface area contributed by atoms with Gasteiger partial charge in [0.2, 0.25) is 0 Å². The summed E-state index contributed by atoms with van der Waals surface area (Å²) in [6, 6.07) is 13.0. The number of hydrogen-bond acceptors (Lipinski definition) is 5. The minimum Gasteiger partial charge on any atom is -0.374 e. The van der Waals surface area contributed by atoms with Crippen LogP contribution in [0.5, 0.6) is 0 Å². The first-order valence-corrected chi connectivity index (χ1v) is 8.38. The third-order valence-corrected chi connectivity index (χ3v) is 3.93. The van der Waals surface area contributed by atoms with E-state index in [4.69, 9.17) is 0 Å². The minimum absolute atomic E-state index is 0.00549. The van der Waals surface area contributed by atoms with Gasteiger partial charge in [0.05, 0.1) is 11.1 Å². The maximum absolute atomic E-state index is 12.2. The van der Waals surface area contributed by atoms with Crippen LogP contribution in [-0.4, -0.2) is 23.1 Å². The summed E-state index contributed by atoms with van der Waals surface area (Å²) >= 11 is 3.36. The number of hydrogen-bond donors (Lipinski definition) is 2. The van der Waals surface area contributed by atoms with Gasteiger partial charge in [-0.15, -0.1) is 0 Å². The number of carbonyl (C=O) groups excluding carboxylic acids is 1. The highest BCUT2D eigenvalue weighted by molar-refractivity contribution is 9.10. The molecule has 0 aliphatic heterocycles. The molecule has 0 heterocycles. The van der Waals surface area contributed by atoms with Gasteiger partial charge in [-0.05, 0) is 48.4 Å². The highest BCUT2D eigenvalue weighted by Crippen LogP contribution is 2.15. The van der Waals surface area contributed by atoms with E-state index < -0.39 is 11.0 Å². The first kappa shape index (κ1) is 18.6. The van der Waals surface area contributed by atoms with E-state index in [1.807, 2.05) is 31.2 Å². The second-order valence-electron chi connectivity index (χ2n) is 5.19. The van der Waals surface area contributed by atoms with Gasteiger partial charge in [-0.2, -0.15) is 5.10 Å². The zero-order valence-corrected chi connectivity index (χ0v) is 15.1. The van der Waals surface area contributed by atoms with Crippen molar-refractivity contribution in [3.63, 3.8) is 0 Å². The Hall–Kier alpha value is -2.74. The zero-order valence-electron chi connectivity index (χ0n) is 13.5. The molecule has 0 unspecified atom stereocenters. The molecular formula is C17H17BrN4O3. The van der Waals surface area contributed by atoms with Gasteiger partial charge in [0.25, 0.3) is 11.6 Å². The number of hydrazone groups is 1. The molecule has 7 nitrogen and oxygen atoms in total. The van der Waals surface area contributed by atoms with Crippen molar-refractivity contribution in [2.24, 2.45) is 5.10 Å². The molecule has 8 heteroatoms. The predicted molar refractivity (Wildman–Crippen MR) is 101 cm³/mol. The molecule has 0 saturated carbocycles. The molecule has 1 amide bonds. The monoisotopic (exact) mass is 404 g/mol. The van der Waals surface area contributed by atoms with Crippen LogP contribution in [0.3, 0.4) is 0 Å². The van der Waals surface area contributed by atoms with Gasteiger partial charge in [-0.3, -0.25) is 14.9 Å². The Bertz CT molecular complexity index is 760. The Balaban J connectivity index is 1.92. The molecule has 0 aliphatic carbocycles. The van der Waals surface area contributed by atoms with Crippen molar-refractivity contribution < 1.29 is 9.72 Å². The second kappa shape index (κ2) is 8.93. The number of amides is 1. The van der Waals surface area contributed by atoms with Gasteiger partial charge in [0.1, 0.15) is 6.04 Å². The zero-order chi connectivity index (χ0) is 18.2. The molecule has 0 aliphatic rings. The van der Waals surface area contributed by atoms with E-state index in [0.29, 0.717) is 12.0 Å². The molecule has 25 heavy (non-hydrogen) atoms. The Morgan fingerprint density at radius 1 is 1.24 bits per heavy atom. The van der Waals surface area contributed by atoms with Crippen LogP contribution >= 0.6 is 15.9 Å². The molecule has 0 spiro atoms. The van der Waals surface area contributed by atoms with Crippen molar-refractivity contribution in [3.8, 4) is 0 Å². The third kappa shape index (κ3) is 5.68. The van der Waals surface area contributed by atoms with Gasteiger partial charge in [-0.25, -0.2) is 5.43 Å². The van der Waals surface area contributed by atoms with E-state index in [0.717, 1.165) is 10.2 Å². The lowest BCUT2D eigenvalue weighted by Crippen LogP contribution is -2.36. The highest BCUT2D eigenvalue weighted by atomic mass is 79.9. The summed E-state index contributed by atoms with van der Waals surface area (Å²) in [4.78, 5) is 22.3. The lowest BCUT2D eigenvalue weighted by molar-refractivity contribution is -0.384. The smallest absolute Gasteiger partial charge is 0.269 e. The van der Waals surface area contributed by atoms with Crippen LogP contribution in [0.15, 0.2) is 58.1 Å². The number of nitro groups is 1. The Morgan fingerprint density at radius 2 is 1.88 bits per heavy atom. The van der Waals surface area contributed by atoms with E-state index in [9.17, 15) is 14.9 Å². The van der Waals surface area contributed by atoms with E-state index in [-0.39, 0.29) is 11.6 Å². The average Bonchev–Trinajstić information content (AvgIpc) is 2.61. The summed E-state index contributed by atoms with van der Waals surface area (Å²) in [6.45, 7) is 1.90. The van der Waals surface area contributed by atoms with E-state index >= 15 is 0 Å². The topological polar surface area (TPSA) is 96.6 Å². The molecule has 2 aromatic rings. The summed E-state index contributed by atoms with van der Waals surface area (Å²) in [5.41, 5.74) is 3.97. The summed E-state index contributed by atoms with van der Waals surface area (Å²) in [5.74, 6) is -0.261. The van der Waals surface area contributed by atoms with Crippen molar-refractivity contribution in [1.29, 1.82) is 0 Å². The molecule has 0 fully saturated rings. The van der Waals surface area contributed by atoms with E-state index in [1.165, 1.54) is 18.3 Å². The average molecular weight is 405 g/mol.